The van der Waals surface area contributed by atoms with E-state index in [1.54, 1.807) is 23.1 Å². The average Bonchev–Trinajstić information content (AvgIpc) is 3.45. The predicted octanol–water partition coefficient (Wildman–Crippen LogP) is 2.79. The lowest BCUT2D eigenvalue weighted by molar-refractivity contribution is -0.119. The van der Waals surface area contributed by atoms with Crippen LogP contribution in [0.1, 0.15) is 36.4 Å². The number of rotatable bonds is 5. The number of morpholine rings is 1. The number of amides is 2. The number of anilines is 1. The molecule has 0 aliphatic carbocycles. The highest BCUT2D eigenvalue weighted by atomic mass is 32.2. The molecule has 32 heavy (non-hydrogen) atoms. The molecule has 0 bridgehead atoms. The van der Waals surface area contributed by atoms with Gasteiger partial charge in [0, 0.05) is 25.3 Å². The molecule has 2 saturated heterocycles. The molecular weight excluding hydrogens is 450 g/mol. The molecule has 4 rings (SSSR count). The van der Waals surface area contributed by atoms with Gasteiger partial charge in [-0.15, -0.1) is 11.3 Å². The van der Waals surface area contributed by atoms with Gasteiger partial charge in [-0.2, -0.15) is 4.31 Å². The van der Waals surface area contributed by atoms with Crippen molar-refractivity contribution >= 4 is 38.9 Å². The van der Waals surface area contributed by atoms with Crippen molar-refractivity contribution in [3.05, 3.63) is 46.7 Å². The van der Waals surface area contributed by atoms with E-state index in [9.17, 15) is 18.0 Å². The number of nitrogens with zero attached hydrogens (tertiary/aromatic N) is 2. The molecule has 3 unspecified atom stereocenters. The first kappa shape index (κ1) is 22.9. The van der Waals surface area contributed by atoms with Crippen molar-refractivity contribution < 1.29 is 22.7 Å². The Kier molecular flexibility index (Phi) is 6.66. The Morgan fingerprint density at radius 3 is 2.41 bits per heavy atom. The fraction of sp³-hybridized carbons (Fsp3) is 0.455. The van der Waals surface area contributed by atoms with Crippen molar-refractivity contribution in [1.82, 2.24) is 9.21 Å². The van der Waals surface area contributed by atoms with Crippen LogP contribution in [0.25, 0.3) is 0 Å². The van der Waals surface area contributed by atoms with Gasteiger partial charge in [0.25, 0.3) is 5.91 Å². The molecule has 0 saturated carbocycles. The van der Waals surface area contributed by atoms with Crippen LogP contribution in [0.2, 0.25) is 0 Å². The smallest absolute Gasteiger partial charge is 0.264 e. The summed E-state index contributed by atoms with van der Waals surface area (Å²) in [5.41, 5.74) is 0.494. The summed E-state index contributed by atoms with van der Waals surface area (Å²) in [6, 6.07) is 9.20. The van der Waals surface area contributed by atoms with Crippen LogP contribution in [0.5, 0.6) is 0 Å². The van der Waals surface area contributed by atoms with Gasteiger partial charge in [-0.1, -0.05) is 6.07 Å². The quantitative estimate of drug-likeness (QED) is 0.714. The van der Waals surface area contributed by atoms with Crippen LogP contribution < -0.4 is 5.32 Å². The first-order valence-electron chi connectivity index (χ1n) is 10.7. The number of carbonyl (C=O) groups excluding carboxylic acids is 2. The lowest BCUT2D eigenvalue weighted by Crippen LogP contribution is -2.48. The molecular formula is C22H27N3O5S2. The Labute approximate surface area is 192 Å². The van der Waals surface area contributed by atoms with E-state index in [-0.39, 0.29) is 28.9 Å². The summed E-state index contributed by atoms with van der Waals surface area (Å²) in [6.07, 6.45) is 1.03. The highest BCUT2D eigenvalue weighted by molar-refractivity contribution is 7.89. The largest absolute Gasteiger partial charge is 0.373 e. The van der Waals surface area contributed by atoms with Crippen LogP contribution in [-0.4, -0.2) is 67.3 Å². The molecule has 2 aliphatic heterocycles. The van der Waals surface area contributed by atoms with E-state index in [0.717, 1.165) is 6.42 Å². The van der Waals surface area contributed by atoms with E-state index in [1.807, 2.05) is 25.3 Å². The van der Waals surface area contributed by atoms with Gasteiger partial charge in [-0.05, 0) is 62.4 Å². The molecule has 172 valence electrons. The SMILES string of the molecule is CC1CN(S(=O)(=O)c2ccc(NC(=O)C3CCCN3C(=O)c3cccs3)cc2)CC(C)O1. The Bertz CT molecular complexity index is 1060. The topological polar surface area (TPSA) is 96.0 Å². The van der Waals surface area contributed by atoms with Gasteiger partial charge in [-0.25, -0.2) is 8.42 Å². The second-order valence-corrected chi connectivity index (χ2v) is 11.1. The first-order valence-corrected chi connectivity index (χ1v) is 13.0. The summed E-state index contributed by atoms with van der Waals surface area (Å²) in [5.74, 6) is -0.396. The molecule has 10 heteroatoms. The maximum atomic E-state index is 13.0. The van der Waals surface area contributed by atoms with Crippen molar-refractivity contribution in [1.29, 1.82) is 0 Å². The number of nitrogens with one attached hydrogen (secondary N) is 1. The highest BCUT2D eigenvalue weighted by Gasteiger charge is 2.35. The van der Waals surface area contributed by atoms with Gasteiger partial charge < -0.3 is 15.0 Å². The zero-order valence-corrected chi connectivity index (χ0v) is 19.7. The van der Waals surface area contributed by atoms with Gasteiger partial charge in [0.05, 0.1) is 22.0 Å². The van der Waals surface area contributed by atoms with Crippen molar-refractivity contribution in [2.24, 2.45) is 0 Å². The second-order valence-electron chi connectivity index (χ2n) is 8.23. The number of likely N-dealkylation sites (tertiary alicyclic amines) is 1. The summed E-state index contributed by atoms with van der Waals surface area (Å²) in [5, 5.41) is 4.67. The second kappa shape index (κ2) is 9.30. The minimum absolute atomic E-state index is 0.131. The lowest BCUT2D eigenvalue weighted by Gasteiger charge is -2.34. The molecule has 0 spiro atoms. The van der Waals surface area contributed by atoms with Crippen LogP contribution >= 0.6 is 11.3 Å². The van der Waals surface area contributed by atoms with Gasteiger partial charge in [0.1, 0.15) is 6.04 Å². The van der Waals surface area contributed by atoms with E-state index in [1.165, 1.54) is 27.8 Å². The van der Waals surface area contributed by atoms with Crippen LogP contribution in [0.3, 0.4) is 0 Å². The van der Waals surface area contributed by atoms with Crippen molar-refractivity contribution in [3.63, 3.8) is 0 Å². The number of benzene rings is 1. The van der Waals surface area contributed by atoms with E-state index in [4.69, 9.17) is 4.74 Å². The molecule has 2 amide bonds. The summed E-state index contributed by atoms with van der Waals surface area (Å²) in [7, 11) is -3.64. The fourth-order valence-corrected chi connectivity index (χ4v) is 6.51. The minimum atomic E-state index is -3.64. The monoisotopic (exact) mass is 477 g/mol. The molecule has 3 atom stereocenters. The number of sulfonamides is 1. The zero-order chi connectivity index (χ0) is 22.9. The third-order valence-corrected chi connectivity index (χ3v) is 8.40. The van der Waals surface area contributed by atoms with E-state index in [2.05, 4.69) is 5.32 Å². The summed E-state index contributed by atoms with van der Waals surface area (Å²) in [6.45, 7) is 4.86. The predicted molar refractivity (Wildman–Crippen MR) is 122 cm³/mol. The fourth-order valence-electron chi connectivity index (χ4n) is 4.24. The first-order chi connectivity index (χ1) is 15.3. The Morgan fingerprint density at radius 1 is 1.09 bits per heavy atom. The molecule has 2 fully saturated rings. The summed E-state index contributed by atoms with van der Waals surface area (Å²) in [4.78, 5) is 28.0. The number of ether oxygens (including phenoxy) is 1. The highest BCUT2D eigenvalue weighted by Crippen LogP contribution is 2.25. The number of hydrogen-bond donors (Lipinski definition) is 1. The van der Waals surface area contributed by atoms with Crippen molar-refractivity contribution in [2.45, 2.75) is 49.8 Å². The Balaban J connectivity index is 1.43. The third kappa shape index (κ3) is 4.73. The molecule has 2 aliphatic rings. The molecule has 1 aromatic carbocycles. The van der Waals surface area contributed by atoms with E-state index in [0.29, 0.717) is 36.6 Å². The Morgan fingerprint density at radius 2 is 1.78 bits per heavy atom. The van der Waals surface area contributed by atoms with Gasteiger partial charge >= 0.3 is 0 Å². The Hall–Kier alpha value is -2.27. The standard InChI is InChI=1S/C22H27N3O5S2/c1-15-13-24(14-16(2)30-15)32(28,29)18-9-7-17(8-10-18)23-21(26)19-5-3-11-25(19)22(27)20-6-4-12-31-20/h4,6-10,12,15-16,19H,3,5,11,13-14H2,1-2H3,(H,23,26). The number of carbonyl (C=O) groups is 2. The van der Waals surface area contributed by atoms with Gasteiger partial charge in [0.15, 0.2) is 0 Å². The lowest BCUT2D eigenvalue weighted by atomic mass is 10.2. The molecule has 1 N–H and O–H groups in total. The molecule has 8 nitrogen and oxygen atoms in total. The molecule has 0 radical (unpaired) electrons. The van der Waals surface area contributed by atoms with E-state index < -0.39 is 16.1 Å². The number of hydrogen-bond acceptors (Lipinski definition) is 6. The van der Waals surface area contributed by atoms with Crippen molar-refractivity contribution in [2.75, 3.05) is 25.0 Å². The van der Waals surface area contributed by atoms with Crippen LogP contribution in [-0.2, 0) is 19.6 Å². The summed E-state index contributed by atoms with van der Waals surface area (Å²) < 4.78 is 33.0. The average molecular weight is 478 g/mol. The summed E-state index contributed by atoms with van der Waals surface area (Å²) >= 11 is 1.36. The number of thiophene rings is 1. The van der Waals surface area contributed by atoms with Gasteiger partial charge in [0.2, 0.25) is 15.9 Å². The van der Waals surface area contributed by atoms with Crippen LogP contribution in [0.15, 0.2) is 46.7 Å². The normalized spacial score (nSPS) is 24.4. The zero-order valence-electron chi connectivity index (χ0n) is 18.1. The maximum absolute atomic E-state index is 13.0. The minimum Gasteiger partial charge on any atom is -0.373 e. The van der Waals surface area contributed by atoms with E-state index >= 15 is 0 Å². The maximum Gasteiger partial charge on any atom is 0.264 e. The van der Waals surface area contributed by atoms with Crippen molar-refractivity contribution in [3.8, 4) is 0 Å². The third-order valence-electron chi connectivity index (χ3n) is 5.69. The molecule has 3 heterocycles. The van der Waals surface area contributed by atoms with Crippen LogP contribution in [0, 0.1) is 0 Å². The van der Waals surface area contributed by atoms with Crippen LogP contribution in [0.4, 0.5) is 5.69 Å². The molecule has 1 aromatic heterocycles. The molecule has 2 aromatic rings. The van der Waals surface area contributed by atoms with Gasteiger partial charge in [-0.3, -0.25) is 9.59 Å².